The van der Waals surface area contributed by atoms with E-state index < -0.39 is 5.60 Å². The summed E-state index contributed by atoms with van der Waals surface area (Å²) in [6.07, 6.45) is 2.22. The van der Waals surface area contributed by atoms with E-state index in [-0.39, 0.29) is 24.0 Å². The monoisotopic (exact) mass is 345 g/mol. The lowest BCUT2D eigenvalue weighted by molar-refractivity contribution is -0.0265. The number of nitrogens with zero attached hydrogens (tertiary/aromatic N) is 1. The maximum absolute atomic E-state index is 12.6. The number of carbonyl (C=O) groups is 2. The second kappa shape index (κ2) is 6.79. The second-order valence-corrected chi connectivity index (χ2v) is 7.89. The van der Waals surface area contributed by atoms with E-state index in [1.165, 1.54) is 0 Å². The van der Waals surface area contributed by atoms with Gasteiger partial charge < -0.3 is 14.4 Å². The van der Waals surface area contributed by atoms with Crippen LogP contribution in [0, 0.1) is 0 Å². The zero-order chi connectivity index (χ0) is 18.2. The highest BCUT2D eigenvalue weighted by Gasteiger charge is 2.40. The molecule has 5 heteroatoms. The third-order valence-corrected chi connectivity index (χ3v) is 4.80. The molecule has 1 saturated heterocycles. The van der Waals surface area contributed by atoms with E-state index in [9.17, 15) is 9.59 Å². The fourth-order valence-electron chi connectivity index (χ4n) is 3.68. The van der Waals surface area contributed by atoms with Crippen molar-refractivity contribution < 1.29 is 19.1 Å². The molecule has 2 atom stereocenters. The lowest BCUT2D eigenvalue weighted by atomic mass is 9.90. The molecule has 0 bridgehead atoms. The fourth-order valence-corrected chi connectivity index (χ4v) is 3.68. The second-order valence-electron chi connectivity index (χ2n) is 7.89. The van der Waals surface area contributed by atoms with Crippen molar-refractivity contribution >= 4 is 11.9 Å². The van der Waals surface area contributed by atoms with Crippen LogP contribution in [0.4, 0.5) is 4.79 Å². The average Bonchev–Trinajstić information content (AvgIpc) is 3.01. The van der Waals surface area contributed by atoms with Crippen LogP contribution >= 0.6 is 0 Å². The highest BCUT2D eigenvalue weighted by molar-refractivity contribution is 5.94. The van der Waals surface area contributed by atoms with Gasteiger partial charge in [-0.25, -0.2) is 4.79 Å². The summed E-state index contributed by atoms with van der Waals surface area (Å²) >= 11 is 0. The zero-order valence-corrected chi connectivity index (χ0v) is 15.5. The standard InChI is InChI=1S/C20H27NO4/c1-13(22)14-7-8-16-15(12-14)9-11-24-18(16)17-6-5-10-21(17)19(23)25-20(2,3)4/h7-8,12,17-18H,5-6,9-11H2,1-4H3/t17-,18-/m0/s1. The maximum atomic E-state index is 12.6. The Morgan fingerprint density at radius 1 is 1.28 bits per heavy atom. The smallest absolute Gasteiger partial charge is 0.410 e. The number of fused-ring (bicyclic) bond motifs is 1. The number of carbonyl (C=O) groups excluding carboxylic acids is 2. The Bertz CT molecular complexity index is 677. The van der Waals surface area contributed by atoms with Crippen LogP contribution in [0.1, 0.15) is 68.1 Å². The van der Waals surface area contributed by atoms with Gasteiger partial charge in [-0.05, 0) is 64.2 Å². The number of rotatable bonds is 2. The minimum atomic E-state index is -0.508. The molecule has 0 spiro atoms. The van der Waals surface area contributed by atoms with Gasteiger partial charge in [0.05, 0.1) is 12.6 Å². The van der Waals surface area contributed by atoms with E-state index in [1.54, 1.807) is 6.92 Å². The molecule has 0 aromatic heterocycles. The van der Waals surface area contributed by atoms with Crippen LogP contribution in [0.3, 0.4) is 0 Å². The fraction of sp³-hybridized carbons (Fsp3) is 0.600. The van der Waals surface area contributed by atoms with Crippen LogP contribution in [0.25, 0.3) is 0 Å². The van der Waals surface area contributed by atoms with Crippen molar-refractivity contribution in [2.24, 2.45) is 0 Å². The van der Waals surface area contributed by atoms with Crippen molar-refractivity contribution in [3.63, 3.8) is 0 Å². The van der Waals surface area contributed by atoms with Crippen LogP contribution in [0.15, 0.2) is 18.2 Å². The summed E-state index contributed by atoms with van der Waals surface area (Å²) in [5.74, 6) is 0.0714. The molecule has 136 valence electrons. The van der Waals surface area contributed by atoms with E-state index in [1.807, 2.05) is 43.9 Å². The number of Topliss-reactive ketones (excluding diaryl/α,β-unsaturated/α-hetero) is 1. The minimum Gasteiger partial charge on any atom is -0.444 e. The molecular formula is C20H27NO4. The van der Waals surface area contributed by atoms with Gasteiger partial charge in [0, 0.05) is 12.1 Å². The summed E-state index contributed by atoms with van der Waals surface area (Å²) in [7, 11) is 0. The van der Waals surface area contributed by atoms with Gasteiger partial charge in [0.2, 0.25) is 0 Å². The summed E-state index contributed by atoms with van der Waals surface area (Å²) < 4.78 is 11.6. The molecule has 1 aromatic carbocycles. The van der Waals surface area contributed by atoms with E-state index in [0.717, 1.165) is 36.0 Å². The molecule has 2 aliphatic heterocycles. The third-order valence-electron chi connectivity index (χ3n) is 4.80. The first kappa shape index (κ1) is 17.9. The molecule has 0 radical (unpaired) electrons. The Morgan fingerprint density at radius 2 is 2.04 bits per heavy atom. The van der Waals surface area contributed by atoms with Crippen LogP contribution < -0.4 is 0 Å². The first-order valence-corrected chi connectivity index (χ1v) is 9.01. The summed E-state index contributed by atoms with van der Waals surface area (Å²) in [4.78, 5) is 26.0. The molecule has 3 rings (SSSR count). The predicted molar refractivity (Wildman–Crippen MR) is 94.8 cm³/mol. The topological polar surface area (TPSA) is 55.8 Å². The van der Waals surface area contributed by atoms with Crippen molar-refractivity contribution in [2.75, 3.05) is 13.2 Å². The molecule has 2 heterocycles. The highest BCUT2D eigenvalue weighted by Crippen LogP contribution is 2.37. The molecule has 5 nitrogen and oxygen atoms in total. The number of amides is 1. The van der Waals surface area contributed by atoms with Gasteiger partial charge in [-0.3, -0.25) is 4.79 Å². The molecule has 0 saturated carbocycles. The first-order chi connectivity index (χ1) is 11.8. The van der Waals surface area contributed by atoms with E-state index >= 15 is 0 Å². The van der Waals surface area contributed by atoms with Crippen LogP contribution in [-0.4, -0.2) is 41.6 Å². The number of benzene rings is 1. The van der Waals surface area contributed by atoms with Crippen molar-refractivity contribution in [3.05, 3.63) is 34.9 Å². The number of ether oxygens (including phenoxy) is 2. The van der Waals surface area contributed by atoms with Gasteiger partial charge in [-0.2, -0.15) is 0 Å². The highest BCUT2D eigenvalue weighted by atomic mass is 16.6. The molecule has 1 amide bonds. The Morgan fingerprint density at radius 3 is 2.72 bits per heavy atom. The summed E-state index contributed by atoms with van der Waals surface area (Å²) in [6, 6.07) is 5.80. The number of likely N-dealkylation sites (tertiary alicyclic amines) is 1. The molecule has 0 aliphatic carbocycles. The normalized spacial score (nSPS) is 23.3. The molecular weight excluding hydrogens is 318 g/mol. The quantitative estimate of drug-likeness (QED) is 0.763. The third kappa shape index (κ3) is 3.87. The Balaban J connectivity index is 1.85. The maximum Gasteiger partial charge on any atom is 0.410 e. The lowest BCUT2D eigenvalue weighted by Gasteiger charge is -2.36. The molecule has 1 aromatic rings. The lowest BCUT2D eigenvalue weighted by Crippen LogP contribution is -2.44. The summed E-state index contributed by atoms with van der Waals surface area (Å²) in [6.45, 7) is 8.53. The summed E-state index contributed by atoms with van der Waals surface area (Å²) in [5.41, 5.74) is 2.47. The largest absolute Gasteiger partial charge is 0.444 e. The number of hydrogen-bond acceptors (Lipinski definition) is 4. The molecule has 1 fully saturated rings. The Hall–Kier alpha value is -1.88. The number of hydrogen-bond donors (Lipinski definition) is 0. The van der Waals surface area contributed by atoms with Gasteiger partial charge in [0.1, 0.15) is 11.7 Å². The summed E-state index contributed by atoms with van der Waals surface area (Å²) in [5, 5.41) is 0. The zero-order valence-electron chi connectivity index (χ0n) is 15.5. The Kier molecular flexibility index (Phi) is 4.87. The van der Waals surface area contributed by atoms with E-state index in [4.69, 9.17) is 9.47 Å². The molecule has 0 N–H and O–H groups in total. The average molecular weight is 345 g/mol. The van der Waals surface area contributed by atoms with Gasteiger partial charge in [-0.1, -0.05) is 12.1 Å². The van der Waals surface area contributed by atoms with Crippen LogP contribution in [0.5, 0.6) is 0 Å². The SMILES string of the molecule is CC(=O)c1ccc2c(c1)CCO[C@@H]2[C@@H]1CCCN1C(=O)OC(C)(C)C. The minimum absolute atomic E-state index is 0.0166. The van der Waals surface area contributed by atoms with Gasteiger partial charge in [0.25, 0.3) is 0 Å². The van der Waals surface area contributed by atoms with Crippen molar-refractivity contribution in [3.8, 4) is 0 Å². The van der Waals surface area contributed by atoms with Crippen LogP contribution in [0.2, 0.25) is 0 Å². The Labute approximate surface area is 149 Å². The first-order valence-electron chi connectivity index (χ1n) is 9.01. The van der Waals surface area contributed by atoms with Gasteiger partial charge >= 0.3 is 6.09 Å². The van der Waals surface area contributed by atoms with Gasteiger partial charge in [0.15, 0.2) is 5.78 Å². The molecule has 0 unspecified atom stereocenters. The van der Waals surface area contributed by atoms with E-state index in [2.05, 4.69) is 0 Å². The van der Waals surface area contributed by atoms with Crippen LogP contribution in [-0.2, 0) is 15.9 Å². The van der Waals surface area contributed by atoms with Crippen molar-refractivity contribution in [1.82, 2.24) is 4.90 Å². The molecule has 25 heavy (non-hydrogen) atoms. The van der Waals surface area contributed by atoms with Crippen molar-refractivity contribution in [1.29, 1.82) is 0 Å². The van der Waals surface area contributed by atoms with Gasteiger partial charge in [-0.15, -0.1) is 0 Å². The number of ketones is 1. The molecule has 2 aliphatic rings. The predicted octanol–water partition coefficient (Wildman–Crippen LogP) is 3.90. The van der Waals surface area contributed by atoms with E-state index in [0.29, 0.717) is 13.2 Å². The van der Waals surface area contributed by atoms with Crippen molar-refractivity contribution in [2.45, 2.75) is 64.7 Å².